The molecular formula is C33H40N4O3. The predicted molar refractivity (Wildman–Crippen MR) is 156 cm³/mol. The van der Waals surface area contributed by atoms with E-state index in [1.807, 2.05) is 39.1 Å². The number of rotatable bonds is 11. The van der Waals surface area contributed by atoms with Crippen molar-refractivity contribution >= 4 is 11.6 Å². The maximum Gasteiger partial charge on any atom is 0.317 e. The van der Waals surface area contributed by atoms with Gasteiger partial charge in [0.1, 0.15) is 11.5 Å². The molecule has 1 saturated heterocycles. The SMILES string of the molecule is CCOC(=O)C(C)(C)c1cn2nc(CCCN3CCC(OC(c4ccccc4)c4ccccc4)CC3)ccc2n1. The first kappa shape index (κ1) is 28.0. The summed E-state index contributed by atoms with van der Waals surface area (Å²) in [6.07, 6.45) is 6.06. The Morgan fingerprint density at radius 2 is 1.62 bits per heavy atom. The van der Waals surface area contributed by atoms with Crippen molar-refractivity contribution in [1.29, 1.82) is 0 Å². The molecule has 0 radical (unpaired) electrons. The zero-order valence-electron chi connectivity index (χ0n) is 23.8. The second-order valence-electron chi connectivity index (χ2n) is 11.1. The number of nitrogens with zero attached hydrogens (tertiary/aromatic N) is 4. The van der Waals surface area contributed by atoms with Crippen LogP contribution in [-0.4, -0.2) is 57.8 Å². The largest absolute Gasteiger partial charge is 0.465 e. The summed E-state index contributed by atoms with van der Waals surface area (Å²) >= 11 is 0. The van der Waals surface area contributed by atoms with E-state index >= 15 is 0 Å². The monoisotopic (exact) mass is 540 g/mol. The molecule has 5 rings (SSSR count). The number of fused-ring (bicyclic) bond motifs is 1. The molecule has 210 valence electrons. The maximum absolute atomic E-state index is 12.4. The quantitative estimate of drug-likeness (QED) is 0.225. The van der Waals surface area contributed by atoms with Crippen molar-refractivity contribution in [3.8, 4) is 0 Å². The summed E-state index contributed by atoms with van der Waals surface area (Å²) in [7, 11) is 0. The maximum atomic E-state index is 12.4. The molecule has 0 atom stereocenters. The third-order valence-electron chi connectivity index (χ3n) is 7.78. The Bertz CT molecular complexity index is 1340. The minimum atomic E-state index is -0.818. The molecule has 0 amide bonds. The highest BCUT2D eigenvalue weighted by Gasteiger charge is 2.34. The molecule has 2 aromatic carbocycles. The fourth-order valence-electron chi connectivity index (χ4n) is 5.32. The van der Waals surface area contributed by atoms with Gasteiger partial charge in [-0.3, -0.25) is 4.79 Å². The Morgan fingerprint density at radius 1 is 0.975 bits per heavy atom. The fraction of sp³-hybridized carbons (Fsp3) is 0.424. The number of piperidine rings is 1. The van der Waals surface area contributed by atoms with Crippen molar-refractivity contribution in [3.05, 3.63) is 102 Å². The van der Waals surface area contributed by atoms with Crippen molar-refractivity contribution in [1.82, 2.24) is 19.5 Å². The summed E-state index contributed by atoms with van der Waals surface area (Å²) in [5.74, 6) is -0.275. The second-order valence-corrected chi connectivity index (χ2v) is 11.1. The molecule has 7 heteroatoms. The molecule has 0 saturated carbocycles. The van der Waals surface area contributed by atoms with Crippen LogP contribution in [0.1, 0.15) is 68.7 Å². The van der Waals surface area contributed by atoms with Gasteiger partial charge in [-0.05, 0) is 76.3 Å². The van der Waals surface area contributed by atoms with E-state index in [-0.39, 0.29) is 18.2 Å². The number of benzene rings is 2. The van der Waals surface area contributed by atoms with E-state index in [2.05, 4.69) is 70.5 Å². The van der Waals surface area contributed by atoms with Gasteiger partial charge in [0.2, 0.25) is 0 Å². The Balaban J connectivity index is 1.12. The van der Waals surface area contributed by atoms with E-state index in [1.54, 1.807) is 4.52 Å². The zero-order chi connectivity index (χ0) is 28.0. The topological polar surface area (TPSA) is 69.0 Å². The average Bonchev–Trinajstić information content (AvgIpc) is 3.42. The van der Waals surface area contributed by atoms with Crippen LogP contribution in [-0.2, 0) is 26.1 Å². The van der Waals surface area contributed by atoms with Crippen molar-refractivity contribution in [2.45, 2.75) is 64.1 Å². The zero-order valence-corrected chi connectivity index (χ0v) is 23.8. The lowest BCUT2D eigenvalue weighted by Gasteiger charge is -2.34. The normalized spacial score (nSPS) is 15.1. The molecule has 7 nitrogen and oxygen atoms in total. The van der Waals surface area contributed by atoms with Crippen LogP contribution in [0.25, 0.3) is 5.65 Å². The molecule has 1 aliphatic rings. The summed E-state index contributed by atoms with van der Waals surface area (Å²) in [5.41, 5.74) is 4.02. The molecule has 1 aliphatic heterocycles. The van der Waals surface area contributed by atoms with E-state index in [0.717, 1.165) is 56.7 Å². The van der Waals surface area contributed by atoms with E-state index in [0.29, 0.717) is 12.3 Å². The summed E-state index contributed by atoms with van der Waals surface area (Å²) in [6, 6.07) is 25.1. The van der Waals surface area contributed by atoms with Crippen LogP contribution in [0.4, 0.5) is 0 Å². The van der Waals surface area contributed by atoms with Gasteiger partial charge in [0, 0.05) is 13.1 Å². The van der Waals surface area contributed by atoms with Gasteiger partial charge in [0.15, 0.2) is 5.65 Å². The minimum Gasteiger partial charge on any atom is -0.465 e. The Kier molecular flexibility index (Phi) is 8.92. The van der Waals surface area contributed by atoms with Crippen LogP contribution in [0.5, 0.6) is 0 Å². The number of hydrogen-bond donors (Lipinski definition) is 0. The molecule has 1 fully saturated rings. The molecule has 40 heavy (non-hydrogen) atoms. The van der Waals surface area contributed by atoms with Crippen molar-refractivity contribution in [3.63, 3.8) is 0 Å². The Morgan fingerprint density at radius 3 is 2.25 bits per heavy atom. The van der Waals surface area contributed by atoms with Crippen LogP contribution >= 0.6 is 0 Å². The van der Waals surface area contributed by atoms with Gasteiger partial charge in [-0.25, -0.2) is 9.50 Å². The lowest BCUT2D eigenvalue weighted by Crippen LogP contribution is -2.38. The minimum absolute atomic E-state index is 0.0356. The highest BCUT2D eigenvalue weighted by Crippen LogP contribution is 2.30. The summed E-state index contributed by atoms with van der Waals surface area (Å²) in [6.45, 7) is 8.97. The van der Waals surface area contributed by atoms with Crippen molar-refractivity contribution in [2.24, 2.45) is 0 Å². The van der Waals surface area contributed by atoms with Crippen molar-refractivity contribution < 1.29 is 14.3 Å². The van der Waals surface area contributed by atoms with Crippen LogP contribution < -0.4 is 0 Å². The summed E-state index contributed by atoms with van der Waals surface area (Å²) in [5, 5.41) is 4.76. The fourth-order valence-corrected chi connectivity index (χ4v) is 5.32. The molecule has 2 aromatic heterocycles. The van der Waals surface area contributed by atoms with E-state index in [1.165, 1.54) is 11.1 Å². The third-order valence-corrected chi connectivity index (χ3v) is 7.78. The number of hydrogen-bond acceptors (Lipinski definition) is 6. The van der Waals surface area contributed by atoms with Crippen LogP contribution in [0, 0.1) is 0 Å². The van der Waals surface area contributed by atoms with Gasteiger partial charge in [-0.1, -0.05) is 60.7 Å². The first-order valence-corrected chi connectivity index (χ1v) is 14.4. The molecular weight excluding hydrogens is 500 g/mol. The average molecular weight is 541 g/mol. The first-order chi connectivity index (χ1) is 19.4. The number of imidazole rings is 1. The van der Waals surface area contributed by atoms with Gasteiger partial charge in [-0.2, -0.15) is 5.10 Å². The van der Waals surface area contributed by atoms with Gasteiger partial charge in [0.25, 0.3) is 0 Å². The number of carbonyl (C=O) groups excluding carboxylic acids is 1. The molecule has 0 spiro atoms. The first-order valence-electron chi connectivity index (χ1n) is 14.4. The molecule has 3 heterocycles. The highest BCUT2D eigenvalue weighted by atomic mass is 16.5. The molecule has 0 unspecified atom stereocenters. The van der Waals surface area contributed by atoms with E-state index in [9.17, 15) is 4.79 Å². The number of ether oxygens (including phenoxy) is 2. The van der Waals surface area contributed by atoms with E-state index in [4.69, 9.17) is 14.6 Å². The molecule has 0 bridgehead atoms. The Labute approximate surface area is 237 Å². The number of aryl methyl sites for hydroxylation is 1. The van der Waals surface area contributed by atoms with Crippen LogP contribution in [0.3, 0.4) is 0 Å². The number of aromatic nitrogens is 3. The standard InChI is InChI=1S/C33H40N4O3/c1-4-39-32(38)33(2,3)29-24-37-30(34-29)18-17-27(35-37)16-11-21-36-22-19-28(20-23-36)40-31(25-12-7-5-8-13-25)26-14-9-6-10-15-26/h5-10,12-15,17-18,24,28,31H,4,11,16,19-23H2,1-3H3. The van der Waals surface area contributed by atoms with Crippen LogP contribution in [0.2, 0.25) is 0 Å². The van der Waals surface area contributed by atoms with E-state index < -0.39 is 5.41 Å². The van der Waals surface area contributed by atoms with Gasteiger partial charge < -0.3 is 14.4 Å². The van der Waals surface area contributed by atoms with Crippen molar-refractivity contribution in [2.75, 3.05) is 26.2 Å². The molecule has 0 aliphatic carbocycles. The lowest BCUT2D eigenvalue weighted by molar-refractivity contribution is -0.148. The summed E-state index contributed by atoms with van der Waals surface area (Å²) < 4.78 is 13.7. The molecule has 4 aromatic rings. The number of esters is 1. The highest BCUT2D eigenvalue weighted by molar-refractivity contribution is 5.81. The lowest BCUT2D eigenvalue weighted by atomic mass is 9.90. The third kappa shape index (κ3) is 6.60. The van der Waals surface area contributed by atoms with Gasteiger partial charge in [0.05, 0.1) is 30.3 Å². The van der Waals surface area contributed by atoms with Gasteiger partial charge in [-0.15, -0.1) is 0 Å². The summed E-state index contributed by atoms with van der Waals surface area (Å²) in [4.78, 5) is 19.6. The Hall–Kier alpha value is -3.55. The molecule has 0 N–H and O–H groups in total. The number of carbonyl (C=O) groups is 1. The predicted octanol–water partition coefficient (Wildman–Crippen LogP) is 5.77. The second kappa shape index (κ2) is 12.7. The number of likely N-dealkylation sites (tertiary alicyclic amines) is 1. The van der Waals surface area contributed by atoms with Crippen LogP contribution in [0.15, 0.2) is 79.0 Å². The van der Waals surface area contributed by atoms with Gasteiger partial charge >= 0.3 is 5.97 Å². The smallest absolute Gasteiger partial charge is 0.317 e.